The zero-order valence-electron chi connectivity index (χ0n) is 18.2. The van der Waals surface area contributed by atoms with Gasteiger partial charge < -0.3 is 9.47 Å². The Kier molecular flexibility index (Phi) is 7.70. The van der Waals surface area contributed by atoms with Crippen LogP contribution >= 0.6 is 0 Å². The lowest BCUT2D eigenvalue weighted by atomic mass is 9.80. The van der Waals surface area contributed by atoms with Crippen LogP contribution in [-0.2, 0) is 25.8 Å². The summed E-state index contributed by atoms with van der Waals surface area (Å²) in [6.45, 7) is 1.81. The number of pyridine rings is 1. The molecule has 1 aliphatic carbocycles. The van der Waals surface area contributed by atoms with Gasteiger partial charge in [-0.2, -0.15) is 0 Å². The number of hydrogen-bond donors (Lipinski definition) is 0. The number of rotatable bonds is 9. The largest absolute Gasteiger partial charge is 0.495 e. The van der Waals surface area contributed by atoms with Gasteiger partial charge in [0.05, 0.1) is 13.7 Å². The number of carbonyl (C=O) groups excluding carboxylic acids is 1. The molecule has 0 spiro atoms. The SMILES string of the molecule is CCOC(=O)C(Cc1cccnc1)(CC1CCCCC1)S(=O)(=O)c1ccccc1OC. The van der Waals surface area contributed by atoms with Crippen molar-refractivity contribution in [1.29, 1.82) is 0 Å². The minimum Gasteiger partial charge on any atom is -0.495 e. The molecule has 0 radical (unpaired) electrons. The van der Waals surface area contributed by atoms with Crippen molar-refractivity contribution in [1.82, 2.24) is 4.98 Å². The Balaban J connectivity index is 2.19. The van der Waals surface area contributed by atoms with Crippen molar-refractivity contribution in [3.05, 3.63) is 54.4 Å². The fourth-order valence-corrected chi connectivity index (χ4v) is 6.73. The third-order valence-corrected chi connectivity index (χ3v) is 8.50. The Bertz CT molecular complexity index is 970. The van der Waals surface area contributed by atoms with Crippen LogP contribution in [0.4, 0.5) is 0 Å². The monoisotopic (exact) mass is 445 g/mol. The number of methoxy groups -OCH3 is 1. The second kappa shape index (κ2) is 10.3. The van der Waals surface area contributed by atoms with Gasteiger partial charge in [-0.1, -0.05) is 50.3 Å². The molecule has 31 heavy (non-hydrogen) atoms. The molecular formula is C24H31NO5S. The van der Waals surface area contributed by atoms with Gasteiger partial charge in [-0.15, -0.1) is 0 Å². The maximum Gasteiger partial charge on any atom is 0.328 e. The Hall–Kier alpha value is -2.41. The van der Waals surface area contributed by atoms with E-state index in [0.717, 1.165) is 32.1 Å². The molecule has 1 atom stereocenters. The van der Waals surface area contributed by atoms with Gasteiger partial charge in [-0.05, 0) is 43.0 Å². The summed E-state index contributed by atoms with van der Waals surface area (Å²) in [6.07, 6.45) is 8.54. The van der Waals surface area contributed by atoms with E-state index < -0.39 is 20.6 Å². The maximum absolute atomic E-state index is 14.2. The minimum atomic E-state index is -4.15. The van der Waals surface area contributed by atoms with Crippen LogP contribution < -0.4 is 4.74 Å². The third kappa shape index (κ3) is 4.92. The molecule has 1 saturated carbocycles. The Morgan fingerprint density at radius 3 is 2.52 bits per heavy atom. The molecule has 2 aromatic rings. The second-order valence-corrected chi connectivity index (χ2v) is 10.3. The van der Waals surface area contributed by atoms with Crippen LogP contribution in [0.2, 0.25) is 0 Å². The van der Waals surface area contributed by atoms with Crippen LogP contribution in [-0.4, -0.2) is 37.8 Å². The van der Waals surface area contributed by atoms with Gasteiger partial charge in [-0.25, -0.2) is 8.42 Å². The number of hydrogen-bond acceptors (Lipinski definition) is 6. The van der Waals surface area contributed by atoms with Crippen molar-refractivity contribution < 1.29 is 22.7 Å². The molecule has 0 aliphatic heterocycles. The Labute approximate surface area is 184 Å². The summed E-state index contributed by atoms with van der Waals surface area (Å²) in [4.78, 5) is 17.7. The average molecular weight is 446 g/mol. The number of para-hydroxylation sites is 1. The van der Waals surface area contributed by atoms with Gasteiger partial charge in [0.2, 0.25) is 0 Å². The normalized spacial score (nSPS) is 17.0. The predicted molar refractivity (Wildman–Crippen MR) is 119 cm³/mol. The number of ether oxygens (including phenoxy) is 2. The predicted octanol–water partition coefficient (Wildman–Crippen LogP) is 4.38. The van der Waals surface area contributed by atoms with Crippen LogP contribution in [0.25, 0.3) is 0 Å². The number of carbonyl (C=O) groups is 1. The molecule has 168 valence electrons. The zero-order valence-corrected chi connectivity index (χ0v) is 19.1. The summed E-state index contributed by atoms with van der Waals surface area (Å²) < 4.78 is 37.5. The number of aromatic nitrogens is 1. The fourth-order valence-electron chi connectivity index (χ4n) is 4.55. The van der Waals surface area contributed by atoms with Crippen LogP contribution in [0.5, 0.6) is 5.75 Å². The first-order valence-corrected chi connectivity index (χ1v) is 12.4. The van der Waals surface area contributed by atoms with Gasteiger partial charge in [0.1, 0.15) is 10.6 Å². The van der Waals surface area contributed by atoms with Crippen molar-refractivity contribution in [2.45, 2.75) is 61.5 Å². The highest BCUT2D eigenvalue weighted by molar-refractivity contribution is 7.93. The lowest BCUT2D eigenvalue weighted by Crippen LogP contribution is -2.51. The van der Waals surface area contributed by atoms with Gasteiger partial charge in [0, 0.05) is 18.8 Å². The van der Waals surface area contributed by atoms with E-state index in [-0.39, 0.29) is 36.0 Å². The van der Waals surface area contributed by atoms with E-state index in [1.807, 2.05) is 0 Å². The van der Waals surface area contributed by atoms with Gasteiger partial charge >= 0.3 is 5.97 Å². The van der Waals surface area contributed by atoms with Gasteiger partial charge in [-0.3, -0.25) is 9.78 Å². The van der Waals surface area contributed by atoms with Crippen LogP contribution in [0.15, 0.2) is 53.7 Å². The third-order valence-electron chi connectivity index (χ3n) is 6.08. The van der Waals surface area contributed by atoms with Gasteiger partial charge in [0.25, 0.3) is 0 Å². The Morgan fingerprint density at radius 2 is 1.87 bits per heavy atom. The van der Waals surface area contributed by atoms with Crippen LogP contribution in [0.3, 0.4) is 0 Å². The van der Waals surface area contributed by atoms with E-state index in [4.69, 9.17) is 9.47 Å². The van der Waals surface area contributed by atoms with E-state index in [1.54, 1.807) is 49.6 Å². The molecule has 0 bridgehead atoms. The summed E-state index contributed by atoms with van der Waals surface area (Å²) in [6, 6.07) is 10.0. The molecule has 0 amide bonds. The number of benzene rings is 1. The fraction of sp³-hybridized carbons (Fsp3) is 0.500. The molecule has 6 nitrogen and oxygen atoms in total. The smallest absolute Gasteiger partial charge is 0.328 e. The molecular weight excluding hydrogens is 414 g/mol. The van der Waals surface area contributed by atoms with Crippen molar-refractivity contribution >= 4 is 15.8 Å². The first-order chi connectivity index (χ1) is 14.9. The minimum absolute atomic E-state index is 0.0105. The molecule has 1 aliphatic rings. The van der Waals surface area contributed by atoms with Crippen LogP contribution in [0.1, 0.15) is 51.0 Å². The number of esters is 1. The molecule has 0 saturated heterocycles. The number of sulfone groups is 1. The number of nitrogens with zero attached hydrogens (tertiary/aromatic N) is 1. The highest BCUT2D eigenvalue weighted by Crippen LogP contribution is 2.42. The van der Waals surface area contributed by atoms with Gasteiger partial charge in [0.15, 0.2) is 14.6 Å². The topological polar surface area (TPSA) is 82.6 Å². The average Bonchev–Trinajstić information content (AvgIpc) is 2.80. The quantitative estimate of drug-likeness (QED) is 0.533. The van der Waals surface area contributed by atoms with Crippen molar-refractivity contribution in [3.8, 4) is 5.75 Å². The Morgan fingerprint density at radius 1 is 1.13 bits per heavy atom. The van der Waals surface area contributed by atoms with Crippen molar-refractivity contribution in [2.75, 3.05) is 13.7 Å². The zero-order chi connectivity index (χ0) is 22.3. The summed E-state index contributed by atoms with van der Waals surface area (Å²) in [5.41, 5.74) is 0.685. The first-order valence-electron chi connectivity index (χ1n) is 10.9. The molecule has 1 aromatic carbocycles. The first kappa shape index (κ1) is 23.3. The highest BCUT2D eigenvalue weighted by atomic mass is 32.2. The lowest BCUT2D eigenvalue weighted by Gasteiger charge is -2.36. The standard InChI is InChI=1S/C24H31NO5S/c1-3-30-23(26)24(16-19-10-5-4-6-11-19,17-20-12-9-15-25-18-20)31(27,28)22-14-8-7-13-21(22)29-2/h7-9,12-15,18-19H,3-6,10-11,16-17H2,1-2H3. The molecule has 1 heterocycles. The summed E-state index contributed by atoms with van der Waals surface area (Å²) >= 11 is 0. The summed E-state index contributed by atoms with van der Waals surface area (Å²) in [5, 5.41) is 0. The molecule has 1 aromatic heterocycles. The van der Waals surface area contributed by atoms with E-state index >= 15 is 0 Å². The maximum atomic E-state index is 14.2. The lowest BCUT2D eigenvalue weighted by molar-refractivity contribution is -0.147. The molecule has 1 unspecified atom stereocenters. The van der Waals surface area contributed by atoms with Crippen molar-refractivity contribution in [3.63, 3.8) is 0 Å². The summed E-state index contributed by atoms with van der Waals surface area (Å²) in [7, 11) is -2.72. The van der Waals surface area contributed by atoms with E-state index in [0.29, 0.717) is 5.56 Å². The van der Waals surface area contributed by atoms with E-state index in [1.165, 1.54) is 13.2 Å². The highest BCUT2D eigenvalue weighted by Gasteiger charge is 2.54. The molecule has 1 fully saturated rings. The van der Waals surface area contributed by atoms with E-state index in [9.17, 15) is 13.2 Å². The van der Waals surface area contributed by atoms with E-state index in [2.05, 4.69) is 4.98 Å². The molecule has 0 N–H and O–H groups in total. The summed E-state index contributed by atoms with van der Waals surface area (Å²) in [5.74, 6) is -0.333. The molecule has 3 rings (SSSR count). The second-order valence-electron chi connectivity index (χ2n) is 8.12. The van der Waals surface area contributed by atoms with Crippen molar-refractivity contribution in [2.24, 2.45) is 5.92 Å². The van der Waals surface area contributed by atoms with Crippen LogP contribution in [0, 0.1) is 5.92 Å². The molecule has 7 heteroatoms.